The smallest absolute Gasteiger partial charge is 0.216 e. The van der Waals surface area contributed by atoms with Gasteiger partial charge in [-0.2, -0.15) is 0 Å². The number of hydrogen-bond acceptors (Lipinski definition) is 2. The van der Waals surface area contributed by atoms with Crippen molar-refractivity contribution in [2.45, 2.75) is 116 Å². The molecule has 0 fully saturated rings. The normalized spacial score (nSPS) is 19.1. The van der Waals surface area contributed by atoms with Crippen molar-refractivity contribution in [3.63, 3.8) is 0 Å². The van der Waals surface area contributed by atoms with Crippen LogP contribution in [0, 0.1) is 0 Å². The van der Waals surface area contributed by atoms with Crippen LogP contribution < -0.4 is 0 Å². The number of ether oxygens (including phenoxy) is 1. The van der Waals surface area contributed by atoms with Gasteiger partial charge in [0.25, 0.3) is 0 Å². The second-order valence-corrected chi connectivity index (χ2v) is 8.14. The number of hydrogen-bond donors (Lipinski definition) is 0. The number of rotatable bonds is 15. The predicted molar refractivity (Wildman–Crippen MR) is 118 cm³/mol. The van der Waals surface area contributed by atoms with E-state index in [1.165, 1.54) is 83.5 Å². The first-order valence-electron chi connectivity index (χ1n) is 11.6. The summed E-state index contributed by atoms with van der Waals surface area (Å²) in [6, 6.07) is 10.8. The van der Waals surface area contributed by atoms with Crippen LogP contribution in [-0.4, -0.2) is 18.0 Å². The third kappa shape index (κ3) is 8.49. The highest BCUT2D eigenvalue weighted by Crippen LogP contribution is 2.26. The highest BCUT2D eigenvalue weighted by Gasteiger charge is 2.30. The molecule has 1 aromatic rings. The van der Waals surface area contributed by atoms with Gasteiger partial charge in [0.05, 0.1) is 6.04 Å². The second-order valence-electron chi connectivity index (χ2n) is 8.14. The lowest BCUT2D eigenvalue weighted by Crippen LogP contribution is -2.22. The second kappa shape index (κ2) is 13.8. The summed E-state index contributed by atoms with van der Waals surface area (Å²) in [4.78, 5) is 5.00. The molecule has 2 nitrogen and oxygen atoms in total. The van der Waals surface area contributed by atoms with Gasteiger partial charge in [-0.15, -0.1) is 0 Å². The first-order valence-corrected chi connectivity index (χ1v) is 11.6. The Morgan fingerprint density at radius 3 is 1.89 bits per heavy atom. The Morgan fingerprint density at radius 2 is 1.26 bits per heavy atom. The Kier molecular flexibility index (Phi) is 11.2. The SMILES string of the molecule is CCCCCCCC[C@@H]1N=C(c2ccccc2)O[C@@H]1CCCCCCCC. The minimum atomic E-state index is 0.294. The van der Waals surface area contributed by atoms with Crippen LogP contribution in [0.1, 0.15) is 109 Å². The zero-order valence-electron chi connectivity index (χ0n) is 17.8. The Labute approximate surface area is 167 Å². The minimum Gasteiger partial charge on any atom is -0.472 e. The highest BCUT2D eigenvalue weighted by molar-refractivity contribution is 5.95. The standard InChI is InChI=1S/C25H41NO/c1-3-5-7-9-11-16-20-23-24(21-17-12-10-8-6-4-2)27-25(26-23)22-18-14-13-15-19-22/h13-15,18-19,23-24H,3-12,16-17,20-21H2,1-2H3/t23-,24+/m0/s1. The van der Waals surface area contributed by atoms with E-state index in [2.05, 4.69) is 44.2 Å². The molecule has 0 saturated carbocycles. The average molecular weight is 372 g/mol. The molecule has 2 atom stereocenters. The molecule has 27 heavy (non-hydrogen) atoms. The summed E-state index contributed by atoms with van der Waals surface area (Å²) in [5, 5.41) is 0. The summed E-state index contributed by atoms with van der Waals surface area (Å²) in [6.07, 6.45) is 18.8. The van der Waals surface area contributed by atoms with Crippen LogP contribution in [0.2, 0.25) is 0 Å². The Bertz CT molecular complexity index is 510. The maximum Gasteiger partial charge on any atom is 0.216 e. The lowest BCUT2D eigenvalue weighted by molar-refractivity contribution is 0.172. The van der Waals surface area contributed by atoms with Gasteiger partial charge in [0.2, 0.25) is 5.90 Å². The molecule has 0 spiro atoms. The van der Waals surface area contributed by atoms with Crippen LogP contribution in [0.5, 0.6) is 0 Å². The van der Waals surface area contributed by atoms with Crippen molar-refractivity contribution < 1.29 is 4.74 Å². The zero-order valence-corrected chi connectivity index (χ0v) is 17.8. The van der Waals surface area contributed by atoms with Crippen LogP contribution in [0.4, 0.5) is 0 Å². The Hall–Kier alpha value is -1.31. The van der Waals surface area contributed by atoms with E-state index in [-0.39, 0.29) is 0 Å². The first kappa shape index (κ1) is 22.0. The molecule has 0 N–H and O–H groups in total. The van der Waals surface area contributed by atoms with Crippen molar-refractivity contribution in [1.82, 2.24) is 0 Å². The topological polar surface area (TPSA) is 21.6 Å². The molecular formula is C25H41NO. The van der Waals surface area contributed by atoms with Gasteiger partial charge in [-0.05, 0) is 31.4 Å². The van der Waals surface area contributed by atoms with Crippen molar-refractivity contribution >= 4 is 5.90 Å². The largest absolute Gasteiger partial charge is 0.472 e. The Balaban J connectivity index is 1.79. The lowest BCUT2D eigenvalue weighted by Gasteiger charge is -2.17. The van der Waals surface area contributed by atoms with Crippen LogP contribution in [0.3, 0.4) is 0 Å². The van der Waals surface area contributed by atoms with E-state index < -0.39 is 0 Å². The van der Waals surface area contributed by atoms with Crippen molar-refractivity contribution in [3.8, 4) is 0 Å². The molecular weight excluding hydrogens is 330 g/mol. The van der Waals surface area contributed by atoms with Crippen LogP contribution in [0.15, 0.2) is 35.3 Å². The van der Waals surface area contributed by atoms with Gasteiger partial charge >= 0.3 is 0 Å². The summed E-state index contributed by atoms with van der Waals surface area (Å²) < 4.78 is 6.33. The fourth-order valence-corrected chi connectivity index (χ4v) is 3.97. The predicted octanol–water partition coefficient (Wildman–Crippen LogP) is 7.70. The monoisotopic (exact) mass is 371 g/mol. The summed E-state index contributed by atoms with van der Waals surface area (Å²) in [7, 11) is 0. The molecule has 0 bridgehead atoms. The van der Waals surface area contributed by atoms with E-state index in [0.717, 1.165) is 17.9 Å². The van der Waals surface area contributed by atoms with Crippen molar-refractivity contribution in [3.05, 3.63) is 35.9 Å². The molecule has 0 amide bonds. The van der Waals surface area contributed by atoms with Crippen LogP contribution in [-0.2, 0) is 4.74 Å². The molecule has 1 aromatic carbocycles. The maximum absolute atomic E-state index is 6.33. The van der Waals surface area contributed by atoms with Gasteiger partial charge < -0.3 is 4.74 Å². The summed E-state index contributed by atoms with van der Waals surface area (Å²) in [5.74, 6) is 0.877. The Morgan fingerprint density at radius 1 is 0.704 bits per heavy atom. The fourth-order valence-electron chi connectivity index (χ4n) is 3.97. The van der Waals surface area contributed by atoms with Gasteiger partial charge in [-0.25, -0.2) is 4.99 Å². The zero-order chi connectivity index (χ0) is 19.2. The molecule has 0 aromatic heterocycles. The highest BCUT2D eigenvalue weighted by atomic mass is 16.5. The summed E-state index contributed by atoms with van der Waals surface area (Å²) in [6.45, 7) is 4.56. The minimum absolute atomic E-state index is 0.294. The molecule has 152 valence electrons. The first-order chi connectivity index (χ1) is 13.3. The average Bonchev–Trinajstić information content (AvgIpc) is 3.11. The molecule has 1 aliphatic heterocycles. The summed E-state index contributed by atoms with van der Waals surface area (Å²) in [5.41, 5.74) is 1.14. The maximum atomic E-state index is 6.33. The van der Waals surface area contributed by atoms with E-state index in [1.54, 1.807) is 0 Å². The summed E-state index contributed by atoms with van der Waals surface area (Å²) >= 11 is 0. The van der Waals surface area contributed by atoms with Gasteiger partial charge in [-0.3, -0.25) is 0 Å². The van der Waals surface area contributed by atoms with Crippen molar-refractivity contribution in [2.24, 2.45) is 4.99 Å². The van der Waals surface area contributed by atoms with E-state index in [4.69, 9.17) is 9.73 Å². The molecule has 0 radical (unpaired) electrons. The number of benzene rings is 1. The van der Waals surface area contributed by atoms with Gasteiger partial charge in [0.1, 0.15) is 6.10 Å². The van der Waals surface area contributed by atoms with Crippen molar-refractivity contribution in [2.75, 3.05) is 0 Å². The van der Waals surface area contributed by atoms with Crippen molar-refractivity contribution in [1.29, 1.82) is 0 Å². The van der Waals surface area contributed by atoms with E-state index in [9.17, 15) is 0 Å². The lowest BCUT2D eigenvalue weighted by atomic mass is 9.98. The van der Waals surface area contributed by atoms with Gasteiger partial charge in [-0.1, -0.05) is 103 Å². The molecule has 2 rings (SSSR count). The van der Waals surface area contributed by atoms with Crippen LogP contribution >= 0.6 is 0 Å². The molecule has 0 aliphatic carbocycles. The number of unbranched alkanes of at least 4 members (excludes halogenated alkanes) is 10. The molecule has 2 heteroatoms. The fraction of sp³-hybridized carbons (Fsp3) is 0.720. The molecule has 1 aliphatic rings. The van der Waals surface area contributed by atoms with Crippen LogP contribution in [0.25, 0.3) is 0 Å². The van der Waals surface area contributed by atoms with Gasteiger partial charge in [0.15, 0.2) is 0 Å². The molecule has 0 unspecified atom stereocenters. The molecule has 1 heterocycles. The number of aliphatic imine (C=N–C) groups is 1. The quantitative estimate of drug-likeness (QED) is 0.289. The van der Waals surface area contributed by atoms with E-state index >= 15 is 0 Å². The third-order valence-corrected chi connectivity index (χ3v) is 5.69. The van der Waals surface area contributed by atoms with E-state index in [1.807, 2.05) is 0 Å². The third-order valence-electron chi connectivity index (χ3n) is 5.69. The molecule has 0 saturated heterocycles. The van der Waals surface area contributed by atoms with Gasteiger partial charge in [0, 0.05) is 5.56 Å². The number of nitrogens with zero attached hydrogens (tertiary/aromatic N) is 1. The van der Waals surface area contributed by atoms with E-state index in [0.29, 0.717) is 12.1 Å².